The number of fused-ring (bicyclic) bond motifs is 2. The fraction of sp³-hybridized carbons (Fsp3) is 0.143. The highest BCUT2D eigenvalue weighted by molar-refractivity contribution is 5.74. The smallest absolute Gasteiger partial charge is 0.146 e. The second kappa shape index (κ2) is 9.14. The van der Waals surface area contributed by atoms with Crippen LogP contribution in [-0.4, -0.2) is 40.2 Å². The van der Waals surface area contributed by atoms with Gasteiger partial charge in [-0.3, -0.25) is 0 Å². The summed E-state index contributed by atoms with van der Waals surface area (Å²) >= 11 is 0. The topological polar surface area (TPSA) is 102 Å². The van der Waals surface area contributed by atoms with Crippen molar-refractivity contribution in [3.63, 3.8) is 0 Å². The third-order valence-electron chi connectivity index (χ3n) is 5.85. The van der Waals surface area contributed by atoms with Crippen LogP contribution in [0.3, 0.4) is 0 Å². The highest BCUT2D eigenvalue weighted by Crippen LogP contribution is 2.28. The average Bonchev–Trinajstić information content (AvgIpc) is 3.48. The molecule has 0 saturated heterocycles. The number of hydrogen-bond acceptors (Lipinski definition) is 6. The first-order chi connectivity index (χ1) is 17.3. The van der Waals surface area contributed by atoms with Gasteiger partial charge in [-0.25, -0.2) is 0 Å². The van der Waals surface area contributed by atoms with Crippen molar-refractivity contribution in [2.24, 2.45) is 0 Å². The Bertz CT molecular complexity index is 1520. The van der Waals surface area contributed by atoms with E-state index in [-0.39, 0.29) is 11.5 Å². The van der Waals surface area contributed by atoms with Gasteiger partial charge in [0.2, 0.25) is 0 Å². The first-order valence-electron chi connectivity index (χ1n) is 11.6. The molecule has 0 saturated carbocycles. The SMILES string of the molecule is Cc1cc(C)c(O)c(-n2nc3ccccc3n2)c1.Cc1cc(C)c(O)c(-n2nc3ccccc3n2)c1. The van der Waals surface area contributed by atoms with E-state index in [1.54, 1.807) is 0 Å². The first kappa shape index (κ1) is 23.0. The van der Waals surface area contributed by atoms with Crippen molar-refractivity contribution in [2.45, 2.75) is 27.7 Å². The quantitative estimate of drug-likeness (QED) is 0.341. The number of aromatic nitrogens is 6. The molecule has 6 aromatic rings. The van der Waals surface area contributed by atoms with Gasteiger partial charge in [-0.15, -0.1) is 30.0 Å². The predicted octanol–water partition coefficient (Wildman–Crippen LogP) is 5.49. The number of nitrogens with zero attached hydrogens (tertiary/aromatic N) is 6. The van der Waals surface area contributed by atoms with Gasteiger partial charge < -0.3 is 10.2 Å². The Balaban J connectivity index is 0.000000148. The molecule has 0 aliphatic heterocycles. The van der Waals surface area contributed by atoms with Crippen LogP contribution in [-0.2, 0) is 0 Å². The van der Waals surface area contributed by atoms with Gasteiger partial charge in [0.1, 0.15) is 44.9 Å². The van der Waals surface area contributed by atoms with Gasteiger partial charge in [-0.05, 0) is 86.3 Å². The molecule has 8 heteroatoms. The molecular weight excluding hydrogens is 452 g/mol. The molecule has 0 atom stereocenters. The minimum absolute atomic E-state index is 0.223. The second-order valence-corrected chi connectivity index (χ2v) is 8.86. The van der Waals surface area contributed by atoms with Crippen LogP contribution in [0.2, 0.25) is 0 Å². The standard InChI is InChI=1S/2C14H13N3O/c2*1-9-7-10(2)14(18)13(8-9)17-15-11-5-3-4-6-12(11)16-17/h2*3-8,18H,1-2H3. The van der Waals surface area contributed by atoms with Crippen LogP contribution in [0.25, 0.3) is 33.4 Å². The Labute approximate surface area is 208 Å². The molecule has 2 aromatic heterocycles. The van der Waals surface area contributed by atoms with Gasteiger partial charge in [0.15, 0.2) is 0 Å². The Kier molecular flexibility index (Phi) is 5.85. The van der Waals surface area contributed by atoms with Crippen molar-refractivity contribution in [1.29, 1.82) is 0 Å². The van der Waals surface area contributed by atoms with E-state index >= 15 is 0 Å². The van der Waals surface area contributed by atoms with E-state index in [1.807, 2.05) is 100 Å². The largest absolute Gasteiger partial charge is 0.505 e. The van der Waals surface area contributed by atoms with E-state index in [0.717, 1.165) is 44.3 Å². The lowest BCUT2D eigenvalue weighted by atomic mass is 10.1. The van der Waals surface area contributed by atoms with Crippen LogP contribution in [0, 0.1) is 27.7 Å². The zero-order chi connectivity index (χ0) is 25.4. The molecule has 8 nitrogen and oxygen atoms in total. The highest BCUT2D eigenvalue weighted by Gasteiger charge is 2.12. The number of rotatable bonds is 2. The molecule has 0 aliphatic carbocycles. The highest BCUT2D eigenvalue weighted by atomic mass is 16.3. The van der Waals surface area contributed by atoms with Crippen molar-refractivity contribution >= 4 is 22.1 Å². The molecule has 0 amide bonds. The van der Waals surface area contributed by atoms with Crippen LogP contribution in [0.5, 0.6) is 11.5 Å². The number of phenolic OH excluding ortho intramolecular Hbond substituents is 2. The van der Waals surface area contributed by atoms with Crippen LogP contribution in [0.1, 0.15) is 22.3 Å². The first-order valence-corrected chi connectivity index (χ1v) is 11.6. The van der Waals surface area contributed by atoms with Crippen molar-refractivity contribution in [2.75, 3.05) is 0 Å². The lowest BCUT2D eigenvalue weighted by Crippen LogP contribution is -2.00. The molecule has 2 N–H and O–H groups in total. The maximum Gasteiger partial charge on any atom is 0.146 e. The molecule has 36 heavy (non-hydrogen) atoms. The Hall–Kier alpha value is -4.72. The van der Waals surface area contributed by atoms with Crippen molar-refractivity contribution < 1.29 is 10.2 Å². The Morgan fingerprint density at radius 2 is 0.806 bits per heavy atom. The zero-order valence-corrected chi connectivity index (χ0v) is 20.5. The normalized spacial score (nSPS) is 11.0. The second-order valence-electron chi connectivity index (χ2n) is 8.86. The molecule has 0 spiro atoms. The number of aromatic hydroxyl groups is 2. The lowest BCUT2D eigenvalue weighted by molar-refractivity contribution is 0.463. The summed E-state index contributed by atoms with van der Waals surface area (Å²) in [6.45, 7) is 7.71. The molecule has 0 unspecified atom stereocenters. The summed E-state index contributed by atoms with van der Waals surface area (Å²) in [5.74, 6) is 0.446. The van der Waals surface area contributed by atoms with E-state index in [1.165, 1.54) is 9.59 Å². The summed E-state index contributed by atoms with van der Waals surface area (Å²) in [5.41, 5.74) is 8.28. The monoisotopic (exact) mass is 478 g/mol. The van der Waals surface area contributed by atoms with Gasteiger partial charge in [0.25, 0.3) is 0 Å². The summed E-state index contributed by atoms with van der Waals surface area (Å²) in [4.78, 5) is 2.97. The molecule has 0 aliphatic rings. The van der Waals surface area contributed by atoms with Crippen LogP contribution < -0.4 is 0 Å². The van der Waals surface area contributed by atoms with Gasteiger partial charge in [-0.1, -0.05) is 36.4 Å². The van der Waals surface area contributed by atoms with Gasteiger partial charge >= 0.3 is 0 Å². The van der Waals surface area contributed by atoms with E-state index in [9.17, 15) is 10.2 Å². The molecule has 0 radical (unpaired) electrons. The average molecular weight is 479 g/mol. The predicted molar refractivity (Wildman–Crippen MR) is 140 cm³/mol. The summed E-state index contributed by atoms with van der Waals surface area (Å²) < 4.78 is 0. The van der Waals surface area contributed by atoms with Crippen LogP contribution in [0.4, 0.5) is 0 Å². The molecule has 2 heterocycles. The van der Waals surface area contributed by atoms with Gasteiger partial charge in [0.05, 0.1) is 0 Å². The van der Waals surface area contributed by atoms with Crippen molar-refractivity contribution in [3.05, 3.63) is 95.1 Å². The van der Waals surface area contributed by atoms with Gasteiger partial charge in [0, 0.05) is 0 Å². The van der Waals surface area contributed by atoms with E-state index in [0.29, 0.717) is 11.4 Å². The summed E-state index contributed by atoms with van der Waals surface area (Å²) in [5, 5.41) is 37.7. The minimum Gasteiger partial charge on any atom is -0.505 e. The fourth-order valence-corrected chi connectivity index (χ4v) is 4.11. The molecular formula is C28H26N6O2. The Morgan fingerprint density at radius 1 is 0.500 bits per heavy atom. The molecule has 0 fully saturated rings. The van der Waals surface area contributed by atoms with Crippen molar-refractivity contribution in [3.8, 4) is 22.9 Å². The number of hydrogen-bond donors (Lipinski definition) is 2. The van der Waals surface area contributed by atoms with E-state index < -0.39 is 0 Å². The maximum atomic E-state index is 10.1. The third kappa shape index (κ3) is 4.36. The summed E-state index contributed by atoms with van der Waals surface area (Å²) in [6, 6.07) is 22.9. The summed E-state index contributed by atoms with van der Waals surface area (Å²) in [7, 11) is 0. The molecule has 4 aromatic carbocycles. The van der Waals surface area contributed by atoms with Gasteiger partial charge in [-0.2, -0.15) is 0 Å². The molecule has 6 rings (SSSR count). The van der Waals surface area contributed by atoms with Crippen molar-refractivity contribution in [1.82, 2.24) is 30.0 Å². The number of aryl methyl sites for hydroxylation is 4. The number of benzene rings is 4. The molecule has 0 bridgehead atoms. The van der Waals surface area contributed by atoms with Crippen LogP contribution in [0.15, 0.2) is 72.8 Å². The summed E-state index contributed by atoms with van der Waals surface area (Å²) in [6.07, 6.45) is 0. The fourth-order valence-electron chi connectivity index (χ4n) is 4.11. The minimum atomic E-state index is 0.223. The molecule has 180 valence electrons. The van der Waals surface area contributed by atoms with E-state index in [2.05, 4.69) is 20.4 Å². The lowest BCUT2D eigenvalue weighted by Gasteiger charge is -2.07. The maximum absolute atomic E-state index is 10.1. The zero-order valence-electron chi connectivity index (χ0n) is 20.5. The van der Waals surface area contributed by atoms with E-state index in [4.69, 9.17) is 0 Å². The Morgan fingerprint density at radius 3 is 1.11 bits per heavy atom. The van der Waals surface area contributed by atoms with Crippen LogP contribution >= 0.6 is 0 Å². The third-order valence-corrected chi connectivity index (χ3v) is 5.85. The number of phenols is 2.